The van der Waals surface area contributed by atoms with Crippen molar-refractivity contribution in [1.82, 2.24) is 9.80 Å². The van der Waals surface area contributed by atoms with Crippen LogP contribution in [0.4, 0.5) is 4.79 Å². The summed E-state index contributed by atoms with van der Waals surface area (Å²) in [5, 5.41) is 0. The van der Waals surface area contributed by atoms with Crippen molar-refractivity contribution >= 4 is 6.09 Å². The Kier molecular flexibility index (Phi) is 11.6. The molecule has 1 saturated heterocycles. The number of hydrogen-bond donors (Lipinski definition) is 0. The third kappa shape index (κ3) is 10.5. The minimum atomic E-state index is -0.148. The molecule has 0 atom stereocenters. The van der Waals surface area contributed by atoms with Gasteiger partial charge in [0.05, 0.1) is 6.61 Å². The molecule has 0 radical (unpaired) electrons. The lowest BCUT2D eigenvalue weighted by Gasteiger charge is -2.31. The second-order valence-corrected chi connectivity index (χ2v) is 7.56. The Labute approximate surface area is 154 Å². The van der Waals surface area contributed by atoms with Gasteiger partial charge in [-0.25, -0.2) is 4.79 Å². The highest BCUT2D eigenvalue weighted by atomic mass is 16.6. The van der Waals surface area contributed by atoms with Crippen LogP contribution in [-0.4, -0.2) is 68.9 Å². The van der Waals surface area contributed by atoms with Crippen LogP contribution in [0.25, 0.3) is 0 Å². The largest absolute Gasteiger partial charge is 0.449 e. The van der Waals surface area contributed by atoms with Gasteiger partial charge in [0, 0.05) is 32.8 Å². The van der Waals surface area contributed by atoms with Crippen LogP contribution in [0.3, 0.4) is 0 Å². The predicted molar refractivity (Wildman–Crippen MR) is 103 cm³/mol. The van der Waals surface area contributed by atoms with E-state index in [1.807, 2.05) is 11.0 Å². The summed E-state index contributed by atoms with van der Waals surface area (Å²) in [6.45, 7) is 13.7. The average Bonchev–Trinajstić information content (AvgIpc) is 2.59. The Bertz CT molecular complexity index is 366. The number of likely N-dealkylation sites (N-methyl/N-ethyl adjacent to an activating group) is 1. The second-order valence-electron chi connectivity index (χ2n) is 7.56. The van der Waals surface area contributed by atoms with Crippen molar-refractivity contribution in [3.05, 3.63) is 12.7 Å². The highest BCUT2D eigenvalue weighted by molar-refractivity contribution is 5.67. The molecule has 0 unspecified atom stereocenters. The van der Waals surface area contributed by atoms with Crippen molar-refractivity contribution in [2.75, 3.05) is 53.0 Å². The van der Waals surface area contributed by atoms with Crippen LogP contribution >= 0.6 is 0 Å². The molecule has 0 bridgehead atoms. The van der Waals surface area contributed by atoms with Crippen LogP contribution in [0.2, 0.25) is 0 Å². The standard InChI is InChI=1S/C20H38N2O3/c1-5-11-21(4)12-6-7-15-24-16-10-19-8-13-22(14-9-19)20(23)25-17-18(2)3/h5,18-19H,1,6-17H2,2-4H3. The number of nitrogens with zero attached hydrogens (tertiary/aromatic N) is 2. The van der Waals surface area contributed by atoms with Gasteiger partial charge in [0.2, 0.25) is 0 Å². The summed E-state index contributed by atoms with van der Waals surface area (Å²) in [4.78, 5) is 16.0. The van der Waals surface area contributed by atoms with Crippen molar-refractivity contribution < 1.29 is 14.3 Å². The van der Waals surface area contributed by atoms with Gasteiger partial charge in [0.15, 0.2) is 0 Å². The summed E-state index contributed by atoms with van der Waals surface area (Å²) in [5.41, 5.74) is 0. The smallest absolute Gasteiger partial charge is 0.409 e. The fourth-order valence-corrected chi connectivity index (χ4v) is 2.98. The first-order valence-electron chi connectivity index (χ1n) is 9.81. The maximum Gasteiger partial charge on any atom is 0.409 e. The van der Waals surface area contributed by atoms with E-state index in [9.17, 15) is 4.79 Å². The van der Waals surface area contributed by atoms with Gasteiger partial charge in [-0.1, -0.05) is 19.9 Å². The van der Waals surface area contributed by atoms with Crippen molar-refractivity contribution in [3.63, 3.8) is 0 Å². The van der Waals surface area contributed by atoms with Gasteiger partial charge in [-0.2, -0.15) is 0 Å². The molecule has 0 spiro atoms. The molecule has 0 aliphatic carbocycles. The maximum atomic E-state index is 11.9. The van der Waals surface area contributed by atoms with E-state index >= 15 is 0 Å². The first-order valence-corrected chi connectivity index (χ1v) is 9.81. The monoisotopic (exact) mass is 354 g/mol. The van der Waals surface area contributed by atoms with Crippen LogP contribution in [0, 0.1) is 11.8 Å². The molecule has 5 heteroatoms. The molecule has 1 amide bonds. The Morgan fingerprint density at radius 2 is 2.00 bits per heavy atom. The van der Waals surface area contributed by atoms with E-state index < -0.39 is 0 Å². The number of likely N-dealkylation sites (tertiary alicyclic amines) is 1. The van der Waals surface area contributed by atoms with Crippen LogP contribution in [0.1, 0.15) is 46.0 Å². The van der Waals surface area contributed by atoms with Crippen LogP contribution < -0.4 is 0 Å². The van der Waals surface area contributed by atoms with E-state index in [0.717, 1.165) is 65.1 Å². The summed E-state index contributed by atoms with van der Waals surface area (Å²) in [6.07, 6.45) is 7.30. The van der Waals surface area contributed by atoms with Gasteiger partial charge in [-0.15, -0.1) is 6.58 Å². The topological polar surface area (TPSA) is 42.0 Å². The minimum absolute atomic E-state index is 0.148. The highest BCUT2D eigenvalue weighted by Crippen LogP contribution is 2.21. The molecule has 1 rings (SSSR count). The first kappa shape index (κ1) is 22.0. The Hall–Kier alpha value is -1.07. The number of ether oxygens (including phenoxy) is 2. The lowest BCUT2D eigenvalue weighted by molar-refractivity contribution is 0.0701. The average molecular weight is 355 g/mol. The third-order valence-corrected chi connectivity index (χ3v) is 4.60. The van der Waals surface area contributed by atoms with Gasteiger partial charge in [0.1, 0.15) is 0 Å². The lowest BCUT2D eigenvalue weighted by atomic mass is 9.94. The number of carbonyl (C=O) groups excluding carboxylic acids is 1. The summed E-state index contributed by atoms with van der Waals surface area (Å²) >= 11 is 0. The number of amides is 1. The summed E-state index contributed by atoms with van der Waals surface area (Å²) in [7, 11) is 2.12. The molecule has 1 fully saturated rings. The lowest BCUT2D eigenvalue weighted by Crippen LogP contribution is -2.39. The number of rotatable bonds is 12. The Morgan fingerprint density at radius 3 is 2.64 bits per heavy atom. The molecule has 1 aliphatic heterocycles. The maximum absolute atomic E-state index is 11.9. The molecule has 1 aliphatic rings. The zero-order valence-corrected chi connectivity index (χ0v) is 16.5. The molecule has 0 saturated carbocycles. The normalized spacial score (nSPS) is 15.8. The summed E-state index contributed by atoms with van der Waals surface area (Å²) in [5.74, 6) is 1.06. The summed E-state index contributed by atoms with van der Waals surface area (Å²) in [6, 6.07) is 0. The fourth-order valence-electron chi connectivity index (χ4n) is 2.98. The molecule has 0 N–H and O–H groups in total. The summed E-state index contributed by atoms with van der Waals surface area (Å²) < 4.78 is 11.1. The molecular formula is C20H38N2O3. The van der Waals surface area contributed by atoms with Gasteiger partial charge in [0.25, 0.3) is 0 Å². The molecule has 5 nitrogen and oxygen atoms in total. The molecule has 0 aromatic heterocycles. The van der Waals surface area contributed by atoms with Gasteiger partial charge in [-0.3, -0.25) is 0 Å². The second kappa shape index (κ2) is 13.2. The third-order valence-electron chi connectivity index (χ3n) is 4.60. The predicted octanol–water partition coefficient (Wildman–Crippen LogP) is 3.80. The zero-order valence-electron chi connectivity index (χ0n) is 16.5. The highest BCUT2D eigenvalue weighted by Gasteiger charge is 2.23. The molecule has 0 aromatic rings. The molecular weight excluding hydrogens is 316 g/mol. The van der Waals surface area contributed by atoms with E-state index in [1.54, 1.807) is 0 Å². The number of hydrogen-bond acceptors (Lipinski definition) is 4. The Morgan fingerprint density at radius 1 is 1.28 bits per heavy atom. The van der Waals surface area contributed by atoms with Crippen molar-refractivity contribution in [1.29, 1.82) is 0 Å². The fraction of sp³-hybridized carbons (Fsp3) is 0.850. The molecule has 25 heavy (non-hydrogen) atoms. The van der Waals surface area contributed by atoms with E-state index in [1.165, 1.54) is 6.42 Å². The molecule has 146 valence electrons. The Balaban J connectivity index is 1.98. The van der Waals surface area contributed by atoms with E-state index in [4.69, 9.17) is 9.47 Å². The van der Waals surface area contributed by atoms with Crippen LogP contribution in [0.15, 0.2) is 12.7 Å². The number of unbranched alkanes of at least 4 members (excludes halogenated alkanes) is 1. The van der Waals surface area contributed by atoms with Crippen LogP contribution in [-0.2, 0) is 9.47 Å². The number of piperidine rings is 1. The minimum Gasteiger partial charge on any atom is -0.449 e. The molecule has 0 aromatic carbocycles. The van der Waals surface area contributed by atoms with Crippen molar-refractivity contribution in [3.8, 4) is 0 Å². The van der Waals surface area contributed by atoms with Crippen molar-refractivity contribution in [2.45, 2.75) is 46.0 Å². The quantitative estimate of drug-likeness (QED) is 0.395. The zero-order chi connectivity index (χ0) is 18.5. The molecule has 1 heterocycles. The van der Waals surface area contributed by atoms with E-state index in [2.05, 4.69) is 32.4 Å². The first-order chi connectivity index (χ1) is 12.0. The van der Waals surface area contributed by atoms with Crippen molar-refractivity contribution in [2.24, 2.45) is 11.8 Å². The van der Waals surface area contributed by atoms with Crippen LogP contribution in [0.5, 0.6) is 0 Å². The van der Waals surface area contributed by atoms with E-state index in [0.29, 0.717) is 18.4 Å². The van der Waals surface area contributed by atoms with E-state index in [-0.39, 0.29) is 6.09 Å². The SMILES string of the molecule is C=CCN(C)CCCCOCCC1CCN(C(=O)OCC(C)C)CC1. The van der Waals surface area contributed by atoms with Gasteiger partial charge < -0.3 is 19.3 Å². The van der Waals surface area contributed by atoms with Gasteiger partial charge in [-0.05, 0) is 57.5 Å². The number of carbonyl (C=O) groups is 1. The van der Waals surface area contributed by atoms with Gasteiger partial charge >= 0.3 is 6.09 Å².